The van der Waals surface area contributed by atoms with Crippen LogP contribution in [0.4, 0.5) is 10.5 Å². The van der Waals surface area contributed by atoms with E-state index in [1.54, 1.807) is 18.2 Å². The van der Waals surface area contributed by atoms with Crippen LogP contribution in [0.15, 0.2) is 18.2 Å². The maximum absolute atomic E-state index is 12.9. The van der Waals surface area contributed by atoms with Gasteiger partial charge in [0.15, 0.2) is 0 Å². The van der Waals surface area contributed by atoms with E-state index in [0.29, 0.717) is 23.6 Å². The van der Waals surface area contributed by atoms with Crippen LogP contribution < -0.4 is 10.6 Å². The van der Waals surface area contributed by atoms with E-state index in [0.717, 1.165) is 37.0 Å². The summed E-state index contributed by atoms with van der Waals surface area (Å²) in [5.41, 5.74) is -0.511. The Morgan fingerprint density at radius 2 is 1.77 bits per heavy atom. The average molecular weight is 398 g/mol. The molecule has 6 nitrogen and oxygen atoms in total. The molecular formula is C18H21Cl2N3O3. The molecule has 1 aliphatic carbocycles. The third-order valence-electron chi connectivity index (χ3n) is 4.98. The summed E-state index contributed by atoms with van der Waals surface area (Å²) < 4.78 is 0. The fourth-order valence-corrected chi connectivity index (χ4v) is 3.95. The number of rotatable bonds is 3. The molecule has 1 saturated heterocycles. The Morgan fingerprint density at radius 3 is 2.46 bits per heavy atom. The van der Waals surface area contributed by atoms with E-state index in [2.05, 4.69) is 10.6 Å². The van der Waals surface area contributed by atoms with Crippen LogP contribution in [0, 0.1) is 0 Å². The molecule has 0 aromatic heterocycles. The van der Waals surface area contributed by atoms with Crippen molar-refractivity contribution in [1.29, 1.82) is 0 Å². The number of urea groups is 1. The lowest BCUT2D eigenvalue weighted by molar-refractivity contribution is -0.134. The van der Waals surface area contributed by atoms with Gasteiger partial charge >= 0.3 is 6.03 Å². The third kappa shape index (κ3) is 3.81. The SMILES string of the molecule is O=C(CN1C(=O)NC2(CCCCCCC2)C1=O)Nc1cccc(Cl)c1Cl. The van der Waals surface area contributed by atoms with Crippen molar-refractivity contribution in [3.8, 4) is 0 Å². The average Bonchev–Trinajstić information content (AvgIpc) is 2.80. The van der Waals surface area contributed by atoms with E-state index >= 15 is 0 Å². The van der Waals surface area contributed by atoms with Crippen molar-refractivity contribution in [1.82, 2.24) is 10.2 Å². The zero-order chi connectivity index (χ0) is 18.7. The van der Waals surface area contributed by atoms with E-state index in [1.807, 2.05) is 0 Å². The second kappa shape index (κ2) is 7.84. The molecule has 1 aromatic carbocycles. The van der Waals surface area contributed by atoms with Crippen LogP contribution >= 0.6 is 23.2 Å². The largest absolute Gasteiger partial charge is 0.325 e. The smallest absolute Gasteiger partial charge is 0.323 e. The first-order chi connectivity index (χ1) is 12.4. The summed E-state index contributed by atoms with van der Waals surface area (Å²) in [6, 6.07) is 4.35. The summed E-state index contributed by atoms with van der Waals surface area (Å²) in [6.45, 7) is -0.352. The zero-order valence-electron chi connectivity index (χ0n) is 14.3. The van der Waals surface area contributed by atoms with E-state index < -0.39 is 17.5 Å². The van der Waals surface area contributed by atoms with Crippen LogP contribution in [0.5, 0.6) is 0 Å². The Labute approximate surface area is 162 Å². The van der Waals surface area contributed by atoms with Gasteiger partial charge in [-0.05, 0) is 25.0 Å². The zero-order valence-corrected chi connectivity index (χ0v) is 15.8. The molecule has 2 fully saturated rings. The summed E-state index contributed by atoms with van der Waals surface area (Å²) in [5, 5.41) is 5.97. The van der Waals surface area contributed by atoms with Gasteiger partial charge in [0.05, 0.1) is 15.7 Å². The number of carbonyl (C=O) groups is 3. The second-order valence-corrected chi connectivity index (χ2v) is 7.61. The molecule has 2 aliphatic rings. The number of halogens is 2. The van der Waals surface area contributed by atoms with Gasteiger partial charge in [0.25, 0.3) is 5.91 Å². The Kier molecular flexibility index (Phi) is 5.73. The molecule has 26 heavy (non-hydrogen) atoms. The van der Waals surface area contributed by atoms with Gasteiger partial charge in [-0.15, -0.1) is 0 Å². The van der Waals surface area contributed by atoms with Crippen molar-refractivity contribution < 1.29 is 14.4 Å². The summed E-state index contributed by atoms with van der Waals surface area (Å²) in [5.74, 6) is -0.808. The normalized spacial score (nSPS) is 19.8. The van der Waals surface area contributed by atoms with E-state index in [1.165, 1.54) is 0 Å². The predicted molar refractivity (Wildman–Crippen MR) is 100 cm³/mol. The number of hydrogen-bond acceptors (Lipinski definition) is 3. The maximum Gasteiger partial charge on any atom is 0.325 e. The quantitative estimate of drug-likeness (QED) is 0.757. The molecule has 4 amide bonds. The van der Waals surface area contributed by atoms with Gasteiger partial charge in [-0.1, -0.05) is 61.4 Å². The Hall–Kier alpha value is -1.79. The molecule has 0 radical (unpaired) electrons. The van der Waals surface area contributed by atoms with Crippen LogP contribution in [0.1, 0.15) is 44.9 Å². The second-order valence-electron chi connectivity index (χ2n) is 6.82. The van der Waals surface area contributed by atoms with Gasteiger partial charge in [-0.25, -0.2) is 4.79 Å². The standard InChI is InChI=1S/C18H21Cl2N3O3/c19-12-7-6-8-13(15(12)20)21-14(24)11-23-16(25)18(22-17(23)26)9-4-2-1-3-5-10-18/h6-8H,1-5,9-11H2,(H,21,24)(H,22,26). The van der Waals surface area contributed by atoms with Crippen LogP contribution in [0.25, 0.3) is 0 Å². The Morgan fingerprint density at radius 1 is 1.12 bits per heavy atom. The monoisotopic (exact) mass is 397 g/mol. The summed E-state index contributed by atoms with van der Waals surface area (Å²) in [4.78, 5) is 38.5. The molecule has 3 rings (SSSR count). The van der Waals surface area contributed by atoms with Crippen molar-refractivity contribution in [3.63, 3.8) is 0 Å². The van der Waals surface area contributed by atoms with Crippen LogP contribution in [0.3, 0.4) is 0 Å². The van der Waals surface area contributed by atoms with Crippen LogP contribution in [-0.2, 0) is 9.59 Å². The highest BCUT2D eigenvalue weighted by molar-refractivity contribution is 6.44. The van der Waals surface area contributed by atoms with E-state index in [4.69, 9.17) is 23.2 Å². The van der Waals surface area contributed by atoms with Crippen LogP contribution in [-0.4, -0.2) is 34.8 Å². The first-order valence-electron chi connectivity index (χ1n) is 8.81. The molecule has 1 saturated carbocycles. The number of anilines is 1. The van der Waals surface area contributed by atoms with Gasteiger partial charge < -0.3 is 10.6 Å². The minimum absolute atomic E-state index is 0.219. The van der Waals surface area contributed by atoms with Crippen molar-refractivity contribution in [3.05, 3.63) is 28.2 Å². The lowest BCUT2D eigenvalue weighted by atomic mass is 9.84. The van der Waals surface area contributed by atoms with Crippen molar-refractivity contribution in [2.24, 2.45) is 0 Å². The van der Waals surface area contributed by atoms with Crippen molar-refractivity contribution >= 4 is 46.7 Å². The molecule has 1 aliphatic heterocycles. The molecule has 1 heterocycles. The van der Waals surface area contributed by atoms with Crippen LogP contribution in [0.2, 0.25) is 10.0 Å². The lowest BCUT2D eigenvalue weighted by Gasteiger charge is -2.28. The Balaban J connectivity index is 1.69. The van der Waals surface area contributed by atoms with E-state index in [-0.39, 0.29) is 17.5 Å². The fraction of sp³-hybridized carbons (Fsp3) is 0.500. The van der Waals surface area contributed by atoms with E-state index in [9.17, 15) is 14.4 Å². The molecule has 0 unspecified atom stereocenters. The number of nitrogens with zero attached hydrogens (tertiary/aromatic N) is 1. The number of nitrogens with one attached hydrogen (secondary N) is 2. The predicted octanol–water partition coefficient (Wildman–Crippen LogP) is 3.97. The van der Waals surface area contributed by atoms with Gasteiger partial charge in [-0.3, -0.25) is 14.5 Å². The first-order valence-corrected chi connectivity index (χ1v) is 9.56. The summed E-state index contributed by atoms with van der Waals surface area (Å²) in [7, 11) is 0. The number of carbonyl (C=O) groups excluding carboxylic acids is 3. The van der Waals surface area contributed by atoms with Gasteiger partial charge in [0.2, 0.25) is 5.91 Å². The Bertz CT molecular complexity index is 730. The fourth-order valence-electron chi connectivity index (χ4n) is 3.60. The highest BCUT2D eigenvalue weighted by Crippen LogP contribution is 2.32. The van der Waals surface area contributed by atoms with Gasteiger partial charge in [0.1, 0.15) is 12.1 Å². The molecule has 1 aromatic rings. The minimum atomic E-state index is -0.856. The van der Waals surface area contributed by atoms with Gasteiger partial charge in [0, 0.05) is 0 Å². The molecule has 2 N–H and O–H groups in total. The molecule has 0 atom stereocenters. The maximum atomic E-state index is 12.9. The molecule has 0 bridgehead atoms. The molecule has 1 spiro atoms. The molecule has 140 valence electrons. The topological polar surface area (TPSA) is 78.5 Å². The highest BCUT2D eigenvalue weighted by Gasteiger charge is 2.50. The van der Waals surface area contributed by atoms with Gasteiger partial charge in [-0.2, -0.15) is 0 Å². The number of imide groups is 1. The number of benzene rings is 1. The molecule has 8 heteroatoms. The lowest BCUT2D eigenvalue weighted by Crippen LogP contribution is -2.47. The van der Waals surface area contributed by atoms with Crippen molar-refractivity contribution in [2.45, 2.75) is 50.5 Å². The van der Waals surface area contributed by atoms with Crippen molar-refractivity contribution in [2.75, 3.05) is 11.9 Å². The highest BCUT2D eigenvalue weighted by atomic mass is 35.5. The number of amides is 4. The first kappa shape index (κ1) is 19.0. The summed E-state index contributed by atoms with van der Waals surface area (Å²) in [6.07, 6.45) is 6.29. The minimum Gasteiger partial charge on any atom is -0.323 e. The summed E-state index contributed by atoms with van der Waals surface area (Å²) >= 11 is 12.0. The number of hydrogen-bond donors (Lipinski definition) is 2. The third-order valence-corrected chi connectivity index (χ3v) is 5.80. The molecular weight excluding hydrogens is 377 g/mol.